The van der Waals surface area contributed by atoms with Gasteiger partial charge in [0, 0.05) is 17.5 Å². The third-order valence-corrected chi connectivity index (χ3v) is 5.65. The van der Waals surface area contributed by atoms with Crippen molar-refractivity contribution in [1.29, 1.82) is 0 Å². The van der Waals surface area contributed by atoms with E-state index in [0.29, 0.717) is 0 Å². The largest absolute Gasteiger partial charge is 0.317 e. The first-order valence-corrected chi connectivity index (χ1v) is 9.09. The van der Waals surface area contributed by atoms with E-state index in [1.807, 2.05) is 11.3 Å². The molecule has 3 rings (SSSR count). The Morgan fingerprint density at radius 3 is 2.45 bits per heavy atom. The number of benzene rings is 1. The predicted octanol–water partition coefficient (Wildman–Crippen LogP) is 4.50. The molecule has 0 bridgehead atoms. The van der Waals surface area contributed by atoms with E-state index in [9.17, 15) is 0 Å². The van der Waals surface area contributed by atoms with Crippen LogP contribution in [0.2, 0.25) is 0 Å². The van der Waals surface area contributed by atoms with Crippen LogP contribution in [-0.4, -0.2) is 18.1 Å². The Bertz CT molecular complexity index is 601. The molecule has 2 aromatic rings. The molecule has 1 aliphatic heterocycles. The van der Waals surface area contributed by atoms with E-state index >= 15 is 0 Å². The second-order valence-electron chi connectivity index (χ2n) is 7.30. The molecule has 0 atom stereocenters. The Morgan fingerprint density at radius 1 is 1.14 bits per heavy atom. The predicted molar refractivity (Wildman–Crippen MR) is 94.9 cm³/mol. The van der Waals surface area contributed by atoms with Gasteiger partial charge in [-0.3, -0.25) is 0 Å². The fraction of sp³-hybridized carbons (Fsp3) is 0.526. The van der Waals surface area contributed by atoms with Crippen molar-refractivity contribution in [3.63, 3.8) is 0 Å². The quantitative estimate of drug-likeness (QED) is 0.902. The van der Waals surface area contributed by atoms with Gasteiger partial charge in [0.25, 0.3) is 0 Å². The number of aromatic nitrogens is 1. The normalized spacial score (nSPS) is 16.9. The van der Waals surface area contributed by atoms with E-state index in [0.717, 1.165) is 25.4 Å². The maximum atomic E-state index is 4.66. The minimum Gasteiger partial charge on any atom is -0.317 e. The van der Waals surface area contributed by atoms with Gasteiger partial charge in [-0.15, -0.1) is 11.3 Å². The zero-order valence-corrected chi connectivity index (χ0v) is 14.7. The van der Waals surface area contributed by atoms with E-state index in [2.05, 4.69) is 61.5 Å². The minimum atomic E-state index is 0.224. The highest BCUT2D eigenvalue weighted by Crippen LogP contribution is 2.30. The highest BCUT2D eigenvalue weighted by Gasteiger charge is 2.18. The standard InChI is InChI=1S/C19H26N2S/c1-19(2,3)16-6-4-14(5-7-16)12-18-21-13-17(22-18)15-8-10-20-11-9-15/h4-7,13,15,20H,8-12H2,1-3H3. The van der Waals surface area contributed by atoms with Gasteiger partial charge in [0.05, 0.1) is 5.01 Å². The van der Waals surface area contributed by atoms with Crippen LogP contribution >= 0.6 is 11.3 Å². The first-order chi connectivity index (χ1) is 10.5. The molecular formula is C19H26N2S. The van der Waals surface area contributed by atoms with Gasteiger partial charge < -0.3 is 5.32 Å². The van der Waals surface area contributed by atoms with Crippen LogP contribution in [0.4, 0.5) is 0 Å². The van der Waals surface area contributed by atoms with Gasteiger partial charge in [-0.25, -0.2) is 4.98 Å². The molecule has 0 aliphatic carbocycles. The molecule has 0 unspecified atom stereocenters. The van der Waals surface area contributed by atoms with Crippen molar-refractivity contribution in [2.45, 2.75) is 51.4 Å². The molecule has 0 radical (unpaired) electrons. The summed E-state index contributed by atoms with van der Waals surface area (Å²) in [4.78, 5) is 6.13. The van der Waals surface area contributed by atoms with E-state index in [4.69, 9.17) is 0 Å². The lowest BCUT2D eigenvalue weighted by atomic mass is 9.86. The summed E-state index contributed by atoms with van der Waals surface area (Å²) in [7, 11) is 0. The molecule has 22 heavy (non-hydrogen) atoms. The topological polar surface area (TPSA) is 24.9 Å². The number of nitrogens with zero attached hydrogens (tertiary/aromatic N) is 1. The minimum absolute atomic E-state index is 0.224. The lowest BCUT2D eigenvalue weighted by molar-refractivity contribution is 0.465. The van der Waals surface area contributed by atoms with Gasteiger partial charge >= 0.3 is 0 Å². The molecule has 0 saturated carbocycles. The third-order valence-electron chi connectivity index (χ3n) is 4.49. The van der Waals surface area contributed by atoms with E-state index < -0.39 is 0 Å². The maximum Gasteiger partial charge on any atom is 0.0971 e. The lowest BCUT2D eigenvalue weighted by Gasteiger charge is -2.20. The first-order valence-electron chi connectivity index (χ1n) is 8.27. The monoisotopic (exact) mass is 314 g/mol. The molecular weight excluding hydrogens is 288 g/mol. The van der Waals surface area contributed by atoms with Crippen molar-refractivity contribution in [3.05, 3.63) is 51.5 Å². The molecule has 0 amide bonds. The fourth-order valence-corrected chi connectivity index (χ4v) is 4.12. The Labute approximate surface area is 138 Å². The van der Waals surface area contributed by atoms with Crippen LogP contribution in [0.15, 0.2) is 30.5 Å². The molecule has 1 saturated heterocycles. The molecule has 0 spiro atoms. The number of thiazole rings is 1. The molecule has 1 aromatic carbocycles. The van der Waals surface area contributed by atoms with Crippen molar-refractivity contribution in [2.75, 3.05) is 13.1 Å². The number of hydrogen-bond acceptors (Lipinski definition) is 3. The highest BCUT2D eigenvalue weighted by atomic mass is 32.1. The number of rotatable bonds is 3. The Kier molecular flexibility index (Phi) is 4.65. The summed E-state index contributed by atoms with van der Waals surface area (Å²) in [6.07, 6.45) is 5.57. The van der Waals surface area contributed by atoms with Gasteiger partial charge in [-0.2, -0.15) is 0 Å². The molecule has 3 heteroatoms. The van der Waals surface area contributed by atoms with E-state index in [1.54, 1.807) is 0 Å². The zero-order chi connectivity index (χ0) is 15.6. The average molecular weight is 314 g/mol. The van der Waals surface area contributed by atoms with Crippen LogP contribution in [0, 0.1) is 0 Å². The zero-order valence-electron chi connectivity index (χ0n) is 13.9. The average Bonchev–Trinajstić information content (AvgIpc) is 2.96. The van der Waals surface area contributed by atoms with Crippen molar-refractivity contribution in [1.82, 2.24) is 10.3 Å². The SMILES string of the molecule is CC(C)(C)c1ccc(Cc2ncc(C3CCNCC3)s2)cc1. The van der Waals surface area contributed by atoms with Gasteiger partial charge in [-0.1, -0.05) is 45.0 Å². The summed E-state index contributed by atoms with van der Waals surface area (Å²) in [5.74, 6) is 0.718. The van der Waals surface area contributed by atoms with Crippen molar-refractivity contribution < 1.29 is 0 Å². The second-order valence-corrected chi connectivity index (χ2v) is 8.45. The number of piperidine rings is 1. The molecule has 1 fully saturated rings. The third kappa shape index (κ3) is 3.76. The van der Waals surface area contributed by atoms with Crippen molar-refractivity contribution >= 4 is 11.3 Å². The van der Waals surface area contributed by atoms with Crippen LogP contribution in [0.3, 0.4) is 0 Å². The Balaban J connectivity index is 1.67. The van der Waals surface area contributed by atoms with Gasteiger partial charge in [-0.05, 0) is 48.4 Å². The van der Waals surface area contributed by atoms with Gasteiger partial charge in [0.2, 0.25) is 0 Å². The summed E-state index contributed by atoms with van der Waals surface area (Å²) < 4.78 is 0. The van der Waals surface area contributed by atoms with Crippen molar-refractivity contribution in [3.8, 4) is 0 Å². The van der Waals surface area contributed by atoms with Crippen LogP contribution < -0.4 is 5.32 Å². The fourth-order valence-electron chi connectivity index (χ4n) is 3.00. The number of nitrogens with one attached hydrogen (secondary N) is 1. The summed E-state index contributed by atoms with van der Waals surface area (Å²) >= 11 is 1.91. The Morgan fingerprint density at radius 2 is 1.82 bits per heavy atom. The van der Waals surface area contributed by atoms with Gasteiger partial charge in [0.1, 0.15) is 0 Å². The molecule has 2 nitrogen and oxygen atoms in total. The molecule has 1 aliphatic rings. The molecule has 2 heterocycles. The summed E-state index contributed by atoms with van der Waals surface area (Å²) in [5.41, 5.74) is 2.98. The first kappa shape index (κ1) is 15.7. The lowest BCUT2D eigenvalue weighted by Crippen LogP contribution is -2.26. The van der Waals surface area contributed by atoms with Crippen LogP contribution in [-0.2, 0) is 11.8 Å². The highest BCUT2D eigenvalue weighted by molar-refractivity contribution is 7.11. The molecule has 1 N–H and O–H groups in total. The van der Waals surface area contributed by atoms with Crippen LogP contribution in [0.25, 0.3) is 0 Å². The Hall–Kier alpha value is -1.19. The smallest absolute Gasteiger partial charge is 0.0971 e. The van der Waals surface area contributed by atoms with E-state index in [1.165, 1.54) is 33.9 Å². The summed E-state index contributed by atoms with van der Waals surface area (Å²) in [6.45, 7) is 9.06. The molecule has 118 valence electrons. The second kappa shape index (κ2) is 6.51. The summed E-state index contributed by atoms with van der Waals surface area (Å²) in [6, 6.07) is 9.03. The maximum absolute atomic E-state index is 4.66. The van der Waals surface area contributed by atoms with E-state index in [-0.39, 0.29) is 5.41 Å². The molecule has 1 aromatic heterocycles. The summed E-state index contributed by atoms with van der Waals surface area (Å²) in [5, 5.41) is 4.68. The number of hydrogen-bond donors (Lipinski definition) is 1. The van der Waals surface area contributed by atoms with Crippen LogP contribution in [0.1, 0.15) is 60.5 Å². The van der Waals surface area contributed by atoms with Gasteiger partial charge in [0.15, 0.2) is 0 Å². The van der Waals surface area contributed by atoms with Crippen LogP contribution in [0.5, 0.6) is 0 Å². The van der Waals surface area contributed by atoms with Crippen molar-refractivity contribution in [2.24, 2.45) is 0 Å².